The molecular weight excluding hydrogens is 365 g/mol. The number of methoxy groups -OCH3 is 1. The number of nitroso groups, excluding NO2 is 1. The molecule has 0 N–H and O–H groups in total. The van der Waals surface area contributed by atoms with Crippen molar-refractivity contribution in [3.63, 3.8) is 0 Å². The van der Waals surface area contributed by atoms with Crippen molar-refractivity contribution in [2.45, 2.75) is 48.1 Å². The van der Waals surface area contributed by atoms with E-state index in [9.17, 15) is 9.30 Å². The van der Waals surface area contributed by atoms with Gasteiger partial charge in [-0.05, 0) is 54.8 Å². The van der Waals surface area contributed by atoms with Gasteiger partial charge < -0.3 is 9.47 Å². The smallest absolute Gasteiger partial charge is 0.127 e. The van der Waals surface area contributed by atoms with Crippen molar-refractivity contribution in [3.05, 3.63) is 63.8 Å². The first-order valence-corrected chi connectivity index (χ1v) is 9.84. The minimum atomic E-state index is -0.505. The van der Waals surface area contributed by atoms with Crippen molar-refractivity contribution in [3.8, 4) is 0 Å². The third-order valence-electron chi connectivity index (χ3n) is 5.26. The van der Waals surface area contributed by atoms with E-state index in [0.29, 0.717) is 31.6 Å². The zero-order valence-corrected chi connectivity index (χ0v) is 16.6. The Labute approximate surface area is 163 Å². The van der Waals surface area contributed by atoms with Crippen molar-refractivity contribution >= 4 is 11.8 Å². The van der Waals surface area contributed by atoms with Gasteiger partial charge in [-0.2, -0.15) is 4.91 Å². The maximum Gasteiger partial charge on any atom is 0.127 e. The van der Waals surface area contributed by atoms with Gasteiger partial charge in [0.15, 0.2) is 0 Å². The molecular formula is C21H24FNO3S. The van der Waals surface area contributed by atoms with Crippen LogP contribution in [-0.4, -0.2) is 20.3 Å². The molecule has 1 aliphatic rings. The van der Waals surface area contributed by atoms with Crippen LogP contribution in [0.5, 0.6) is 0 Å². The monoisotopic (exact) mass is 389 g/mol. The van der Waals surface area contributed by atoms with Crippen LogP contribution in [0.2, 0.25) is 0 Å². The molecule has 4 nitrogen and oxygen atoms in total. The minimum absolute atomic E-state index is 0.228. The van der Waals surface area contributed by atoms with Gasteiger partial charge in [0.05, 0.1) is 5.60 Å². The minimum Gasteiger partial charge on any atom is -0.381 e. The maximum absolute atomic E-state index is 14.7. The summed E-state index contributed by atoms with van der Waals surface area (Å²) in [7, 11) is 1.68. The fourth-order valence-corrected chi connectivity index (χ4v) is 4.37. The highest BCUT2D eigenvalue weighted by Crippen LogP contribution is 2.41. The number of hydrogen-bond donors (Lipinski definition) is 0. The van der Waals surface area contributed by atoms with Gasteiger partial charge in [-0.3, -0.25) is 0 Å². The van der Waals surface area contributed by atoms with Gasteiger partial charge in [0.25, 0.3) is 0 Å². The van der Waals surface area contributed by atoms with E-state index < -0.39 is 5.60 Å². The molecule has 0 saturated carbocycles. The Balaban J connectivity index is 1.90. The van der Waals surface area contributed by atoms with Crippen molar-refractivity contribution < 1.29 is 13.9 Å². The topological polar surface area (TPSA) is 47.9 Å². The average molecular weight is 389 g/mol. The van der Waals surface area contributed by atoms with Crippen molar-refractivity contribution in [1.29, 1.82) is 0 Å². The summed E-state index contributed by atoms with van der Waals surface area (Å²) >= 11 is 1.49. The highest BCUT2D eigenvalue weighted by Gasteiger charge is 2.36. The van der Waals surface area contributed by atoms with Crippen LogP contribution in [0.4, 0.5) is 4.39 Å². The summed E-state index contributed by atoms with van der Waals surface area (Å²) < 4.78 is 26.0. The molecule has 0 bridgehead atoms. The van der Waals surface area contributed by atoms with Gasteiger partial charge in [-0.15, -0.1) is 0 Å². The second-order valence-corrected chi connectivity index (χ2v) is 7.99. The lowest BCUT2D eigenvalue weighted by Gasteiger charge is -2.37. The first kappa shape index (κ1) is 20.0. The molecule has 6 heteroatoms. The van der Waals surface area contributed by atoms with Crippen LogP contribution >= 0.6 is 11.8 Å². The molecule has 0 spiro atoms. The van der Waals surface area contributed by atoms with Gasteiger partial charge in [0.1, 0.15) is 11.9 Å². The molecule has 0 amide bonds. The summed E-state index contributed by atoms with van der Waals surface area (Å²) in [4.78, 5) is 12.5. The van der Waals surface area contributed by atoms with Crippen LogP contribution in [0.25, 0.3) is 0 Å². The standard InChI is InChI=1S/C21H24FNO3S/c1-14-19(21(25-3)8-10-26-11-9-21)12-18(13-20(14)22)27-17-6-4-16(5-7-17)15(2)23-24/h4-7,12-13,15H,8-11H2,1-3H3. The Morgan fingerprint density at radius 3 is 2.44 bits per heavy atom. The molecule has 1 atom stereocenters. The van der Waals surface area contributed by atoms with E-state index in [1.54, 1.807) is 27.0 Å². The SMILES string of the molecule is COC1(c2cc(Sc3ccc(C(C)N=O)cc3)cc(F)c2C)CCOCC1. The number of hydrogen-bond acceptors (Lipinski definition) is 5. The lowest BCUT2D eigenvalue weighted by atomic mass is 9.83. The van der Waals surface area contributed by atoms with Crippen LogP contribution in [0, 0.1) is 17.6 Å². The Bertz CT molecular complexity index is 804. The van der Waals surface area contributed by atoms with Crippen molar-refractivity contribution in [1.82, 2.24) is 0 Å². The normalized spacial score (nSPS) is 17.5. The van der Waals surface area contributed by atoms with E-state index in [0.717, 1.165) is 20.9 Å². The molecule has 0 aliphatic carbocycles. The maximum atomic E-state index is 14.7. The third-order valence-corrected chi connectivity index (χ3v) is 6.24. The van der Waals surface area contributed by atoms with Crippen molar-refractivity contribution in [2.24, 2.45) is 5.18 Å². The van der Waals surface area contributed by atoms with Crippen molar-refractivity contribution in [2.75, 3.05) is 20.3 Å². The summed E-state index contributed by atoms with van der Waals surface area (Å²) in [6, 6.07) is 10.8. The second-order valence-electron chi connectivity index (χ2n) is 6.84. The predicted octanol–water partition coefficient (Wildman–Crippen LogP) is 5.76. The van der Waals surface area contributed by atoms with E-state index in [-0.39, 0.29) is 11.9 Å². The van der Waals surface area contributed by atoms with Crippen LogP contribution in [0.15, 0.2) is 51.4 Å². The van der Waals surface area contributed by atoms with Gasteiger partial charge in [-0.25, -0.2) is 4.39 Å². The lowest BCUT2D eigenvalue weighted by Crippen LogP contribution is -2.36. The van der Waals surface area contributed by atoms with E-state index >= 15 is 0 Å². The lowest BCUT2D eigenvalue weighted by molar-refractivity contribution is -0.0953. The highest BCUT2D eigenvalue weighted by molar-refractivity contribution is 7.99. The van der Waals surface area contributed by atoms with Crippen LogP contribution in [0.3, 0.4) is 0 Å². The van der Waals surface area contributed by atoms with Crippen LogP contribution in [-0.2, 0) is 15.1 Å². The Hall–Kier alpha value is -1.76. The molecule has 1 aliphatic heterocycles. The molecule has 1 saturated heterocycles. The average Bonchev–Trinajstić information content (AvgIpc) is 2.71. The summed E-state index contributed by atoms with van der Waals surface area (Å²) in [5.74, 6) is -0.228. The molecule has 1 fully saturated rings. The Morgan fingerprint density at radius 2 is 1.85 bits per heavy atom. The highest BCUT2D eigenvalue weighted by atomic mass is 32.2. The molecule has 1 unspecified atom stereocenters. The molecule has 27 heavy (non-hydrogen) atoms. The zero-order valence-electron chi connectivity index (χ0n) is 15.8. The van der Waals surface area contributed by atoms with Gasteiger partial charge in [0, 0.05) is 43.0 Å². The summed E-state index contributed by atoms with van der Waals surface area (Å²) in [5.41, 5.74) is 1.88. The quantitative estimate of drug-likeness (QED) is 0.589. The largest absolute Gasteiger partial charge is 0.381 e. The molecule has 0 aromatic heterocycles. The molecule has 2 aromatic rings. The number of benzene rings is 2. The number of halogens is 1. The molecule has 0 radical (unpaired) electrons. The number of nitrogens with zero attached hydrogens (tertiary/aromatic N) is 1. The summed E-state index contributed by atoms with van der Waals surface area (Å²) in [6.07, 6.45) is 1.42. The van der Waals surface area contributed by atoms with Gasteiger partial charge >= 0.3 is 0 Å². The van der Waals surface area contributed by atoms with Gasteiger partial charge in [-0.1, -0.05) is 29.1 Å². The Morgan fingerprint density at radius 1 is 1.19 bits per heavy atom. The third kappa shape index (κ3) is 4.23. The number of rotatable bonds is 6. The fourth-order valence-electron chi connectivity index (χ4n) is 3.48. The molecule has 1 heterocycles. The number of ether oxygens (including phenoxy) is 2. The van der Waals surface area contributed by atoms with Crippen LogP contribution in [0.1, 0.15) is 42.5 Å². The predicted molar refractivity (Wildman–Crippen MR) is 105 cm³/mol. The Kier molecular flexibility index (Phi) is 6.29. The zero-order chi connectivity index (χ0) is 19.4. The van der Waals surface area contributed by atoms with E-state index in [1.165, 1.54) is 11.8 Å². The summed E-state index contributed by atoms with van der Waals surface area (Å²) in [6.45, 7) is 4.78. The van der Waals surface area contributed by atoms with E-state index in [1.807, 2.05) is 30.3 Å². The molecule has 144 valence electrons. The van der Waals surface area contributed by atoms with Gasteiger partial charge in [0.2, 0.25) is 0 Å². The molecule has 3 rings (SSSR count). The first-order valence-electron chi connectivity index (χ1n) is 9.03. The fraction of sp³-hybridized carbons (Fsp3) is 0.429. The van der Waals surface area contributed by atoms with Crippen LogP contribution < -0.4 is 0 Å². The second kappa shape index (κ2) is 8.50. The summed E-state index contributed by atoms with van der Waals surface area (Å²) in [5, 5.41) is 3.04. The van der Waals surface area contributed by atoms with E-state index in [2.05, 4.69) is 5.18 Å². The van der Waals surface area contributed by atoms with E-state index in [4.69, 9.17) is 9.47 Å². The first-order chi connectivity index (χ1) is 13.0. The molecule has 2 aromatic carbocycles.